The van der Waals surface area contributed by atoms with Crippen molar-refractivity contribution in [1.82, 2.24) is 4.57 Å². The van der Waals surface area contributed by atoms with Crippen LogP contribution in [0.1, 0.15) is 24.2 Å². The molecular weight excluding hydrogens is 448 g/mol. The molecule has 1 aromatic heterocycles. The van der Waals surface area contributed by atoms with E-state index in [1.54, 1.807) is 36.4 Å². The zero-order valence-electron chi connectivity index (χ0n) is 20.4. The zero-order valence-corrected chi connectivity index (χ0v) is 20.4. The van der Waals surface area contributed by atoms with Crippen molar-refractivity contribution in [3.63, 3.8) is 0 Å². The van der Waals surface area contributed by atoms with Gasteiger partial charge in [-0.2, -0.15) is 0 Å². The Bertz CT molecular complexity index is 1540. The average molecular weight is 479 g/mol. The SMILES string of the molecule is CCn1c2ccccc2c2cc(N(N)/C(=C(\N)C(O)c3ccc(OC)cc3)c3ccccc3)ccc21. The van der Waals surface area contributed by atoms with Crippen LogP contribution in [-0.4, -0.2) is 16.8 Å². The van der Waals surface area contributed by atoms with E-state index in [0.717, 1.165) is 28.7 Å². The summed E-state index contributed by atoms with van der Waals surface area (Å²) in [4.78, 5) is 0. The van der Waals surface area contributed by atoms with Crippen LogP contribution in [0.4, 0.5) is 5.69 Å². The molecule has 5 N–H and O–H groups in total. The molecule has 0 saturated heterocycles. The fourth-order valence-electron chi connectivity index (χ4n) is 4.80. The minimum absolute atomic E-state index is 0.255. The van der Waals surface area contributed by atoms with Gasteiger partial charge >= 0.3 is 0 Å². The molecule has 0 fully saturated rings. The van der Waals surface area contributed by atoms with Gasteiger partial charge in [-0.05, 0) is 48.9 Å². The van der Waals surface area contributed by atoms with Gasteiger partial charge in [-0.15, -0.1) is 0 Å². The van der Waals surface area contributed by atoms with Gasteiger partial charge in [-0.1, -0.05) is 60.7 Å². The van der Waals surface area contributed by atoms with E-state index in [1.807, 2.05) is 42.5 Å². The number of hydrogen-bond acceptors (Lipinski definition) is 5. The maximum Gasteiger partial charge on any atom is 0.120 e. The number of nitrogens with zero attached hydrogens (tertiary/aromatic N) is 2. The molecule has 4 aromatic carbocycles. The molecule has 1 atom stereocenters. The molecule has 1 unspecified atom stereocenters. The molecule has 1 heterocycles. The normalized spacial score (nSPS) is 13.0. The van der Waals surface area contributed by atoms with Gasteiger partial charge in [-0.25, -0.2) is 5.84 Å². The highest BCUT2D eigenvalue weighted by molar-refractivity contribution is 6.09. The summed E-state index contributed by atoms with van der Waals surface area (Å²) in [6.07, 6.45) is -1.05. The highest BCUT2D eigenvalue weighted by atomic mass is 16.5. The van der Waals surface area contributed by atoms with E-state index in [0.29, 0.717) is 17.0 Å². The molecule has 0 saturated carbocycles. The van der Waals surface area contributed by atoms with Crippen molar-refractivity contribution in [2.24, 2.45) is 11.6 Å². The second-order valence-corrected chi connectivity index (χ2v) is 8.68. The summed E-state index contributed by atoms with van der Waals surface area (Å²) in [7, 11) is 1.61. The average Bonchev–Trinajstić information content (AvgIpc) is 3.26. The number of aliphatic hydroxyl groups excluding tert-OH is 1. The van der Waals surface area contributed by atoms with Crippen LogP contribution < -0.4 is 21.3 Å². The molecule has 36 heavy (non-hydrogen) atoms. The number of hydrogen-bond donors (Lipinski definition) is 3. The molecule has 6 heteroatoms. The lowest BCUT2D eigenvalue weighted by atomic mass is 10.0. The van der Waals surface area contributed by atoms with E-state index in [9.17, 15) is 5.11 Å². The molecule has 0 amide bonds. The summed E-state index contributed by atoms with van der Waals surface area (Å²) in [5, 5.41) is 15.1. The monoisotopic (exact) mass is 478 g/mol. The first-order chi connectivity index (χ1) is 17.5. The second-order valence-electron chi connectivity index (χ2n) is 8.68. The van der Waals surface area contributed by atoms with Crippen LogP contribution in [0.15, 0.2) is 103 Å². The number of para-hydroxylation sites is 1. The third-order valence-corrected chi connectivity index (χ3v) is 6.64. The topological polar surface area (TPSA) is 89.7 Å². The Balaban J connectivity index is 1.64. The Morgan fingerprint density at radius 2 is 1.56 bits per heavy atom. The van der Waals surface area contributed by atoms with Crippen molar-refractivity contribution in [3.05, 3.63) is 114 Å². The third-order valence-electron chi connectivity index (χ3n) is 6.64. The van der Waals surface area contributed by atoms with Crippen LogP contribution in [0.3, 0.4) is 0 Å². The predicted molar refractivity (Wildman–Crippen MR) is 147 cm³/mol. The van der Waals surface area contributed by atoms with E-state index in [2.05, 4.69) is 41.8 Å². The quantitative estimate of drug-likeness (QED) is 0.210. The van der Waals surface area contributed by atoms with Crippen LogP contribution in [0.5, 0.6) is 5.75 Å². The van der Waals surface area contributed by atoms with Crippen LogP contribution in [-0.2, 0) is 6.54 Å². The van der Waals surface area contributed by atoms with E-state index in [1.165, 1.54) is 10.9 Å². The number of methoxy groups -OCH3 is 1. The Hall–Kier alpha value is -4.26. The number of fused-ring (bicyclic) bond motifs is 3. The van der Waals surface area contributed by atoms with Crippen molar-refractivity contribution in [3.8, 4) is 5.75 Å². The maximum atomic E-state index is 11.2. The molecular formula is C30H30N4O2. The minimum atomic E-state index is -1.05. The second kappa shape index (κ2) is 9.77. The number of nitrogens with two attached hydrogens (primary N) is 2. The number of benzene rings is 4. The fraction of sp³-hybridized carbons (Fsp3) is 0.133. The first-order valence-electron chi connectivity index (χ1n) is 12.0. The van der Waals surface area contributed by atoms with Crippen molar-refractivity contribution in [2.75, 3.05) is 12.1 Å². The van der Waals surface area contributed by atoms with E-state index >= 15 is 0 Å². The molecule has 0 bridgehead atoms. The summed E-state index contributed by atoms with van der Waals surface area (Å²) in [5.41, 5.74) is 12.0. The fourth-order valence-corrected chi connectivity index (χ4v) is 4.80. The van der Waals surface area contributed by atoms with E-state index in [4.69, 9.17) is 16.3 Å². The Kier molecular flexibility index (Phi) is 6.38. The summed E-state index contributed by atoms with van der Waals surface area (Å²) >= 11 is 0. The third kappa shape index (κ3) is 4.06. The summed E-state index contributed by atoms with van der Waals surface area (Å²) in [6.45, 7) is 3.01. The summed E-state index contributed by atoms with van der Waals surface area (Å²) < 4.78 is 7.54. The van der Waals surface area contributed by atoms with Crippen LogP contribution >= 0.6 is 0 Å². The summed E-state index contributed by atoms with van der Waals surface area (Å²) in [5.74, 6) is 7.47. The molecule has 0 spiro atoms. The van der Waals surface area contributed by atoms with Crippen molar-refractivity contribution < 1.29 is 9.84 Å². The molecule has 5 rings (SSSR count). The van der Waals surface area contributed by atoms with Gasteiger partial charge in [0.15, 0.2) is 0 Å². The molecule has 182 valence electrons. The zero-order chi connectivity index (χ0) is 25.2. The number of aromatic nitrogens is 1. The van der Waals surface area contributed by atoms with E-state index in [-0.39, 0.29) is 5.70 Å². The lowest BCUT2D eigenvalue weighted by molar-refractivity contribution is 0.214. The number of ether oxygens (including phenoxy) is 1. The smallest absolute Gasteiger partial charge is 0.120 e. The first-order valence-corrected chi connectivity index (χ1v) is 12.0. The molecule has 5 aromatic rings. The van der Waals surface area contributed by atoms with Crippen molar-refractivity contribution >= 4 is 33.2 Å². The standard InChI is InChI=1S/C30H30N4O2/c1-3-33-26-12-8-7-11-24(26)25-19-22(15-18-27(25)33)34(32)29(20-9-5-4-6-10-20)28(31)30(35)21-13-16-23(36-2)17-14-21/h4-19,30,35H,3,31-32H2,1-2H3/b29-28-. The van der Waals surface area contributed by atoms with Crippen molar-refractivity contribution in [1.29, 1.82) is 0 Å². The highest BCUT2D eigenvalue weighted by Crippen LogP contribution is 2.35. The minimum Gasteiger partial charge on any atom is -0.497 e. The lowest BCUT2D eigenvalue weighted by Gasteiger charge is -2.26. The Labute approximate surface area is 210 Å². The van der Waals surface area contributed by atoms with Gasteiger partial charge in [0.25, 0.3) is 0 Å². The molecule has 6 nitrogen and oxygen atoms in total. The molecule has 0 aliphatic heterocycles. The maximum absolute atomic E-state index is 11.2. The number of hydrazine groups is 1. The van der Waals surface area contributed by atoms with Crippen LogP contribution in [0.2, 0.25) is 0 Å². The van der Waals surface area contributed by atoms with E-state index < -0.39 is 6.10 Å². The van der Waals surface area contributed by atoms with Gasteiger partial charge < -0.3 is 20.1 Å². The number of rotatable bonds is 7. The van der Waals surface area contributed by atoms with Gasteiger partial charge in [0.2, 0.25) is 0 Å². The van der Waals surface area contributed by atoms with Gasteiger partial charge in [0, 0.05) is 33.9 Å². The van der Waals surface area contributed by atoms with Gasteiger partial charge in [0.05, 0.1) is 24.2 Å². The molecule has 0 aliphatic carbocycles. The predicted octanol–water partition coefficient (Wildman–Crippen LogP) is 5.56. The number of aryl methyl sites for hydroxylation is 1. The van der Waals surface area contributed by atoms with Crippen molar-refractivity contribution in [2.45, 2.75) is 19.6 Å². The van der Waals surface area contributed by atoms with Crippen LogP contribution in [0, 0.1) is 0 Å². The first kappa shape index (κ1) is 23.5. The molecule has 0 radical (unpaired) electrons. The van der Waals surface area contributed by atoms with Gasteiger partial charge in [0.1, 0.15) is 11.9 Å². The van der Waals surface area contributed by atoms with Crippen LogP contribution in [0.25, 0.3) is 27.5 Å². The summed E-state index contributed by atoms with van der Waals surface area (Å²) in [6, 6.07) is 31.4. The van der Waals surface area contributed by atoms with Gasteiger partial charge in [-0.3, -0.25) is 5.01 Å². The number of aliphatic hydroxyl groups is 1. The molecule has 0 aliphatic rings. The Morgan fingerprint density at radius 3 is 2.25 bits per heavy atom. The highest BCUT2D eigenvalue weighted by Gasteiger charge is 2.22. The Morgan fingerprint density at radius 1 is 0.889 bits per heavy atom. The lowest BCUT2D eigenvalue weighted by Crippen LogP contribution is -2.32. The largest absolute Gasteiger partial charge is 0.497 e. The number of anilines is 1.